The predicted molar refractivity (Wildman–Crippen MR) is 120 cm³/mol. The molecular weight excluding hydrogens is 429 g/mol. The van der Waals surface area contributed by atoms with Gasteiger partial charge in [0.05, 0.1) is 12.1 Å². The number of hydrogen-bond acceptors (Lipinski definition) is 3. The molecule has 0 saturated heterocycles. The summed E-state index contributed by atoms with van der Waals surface area (Å²) in [4.78, 5) is 13.1. The van der Waals surface area contributed by atoms with Crippen LogP contribution in [0.25, 0.3) is 0 Å². The van der Waals surface area contributed by atoms with Gasteiger partial charge in [-0.2, -0.15) is 18.3 Å². The molecule has 1 N–H and O–H groups in total. The van der Waals surface area contributed by atoms with Crippen molar-refractivity contribution in [3.8, 4) is 0 Å². The molecule has 1 aromatic heterocycles. The number of alkyl halides is 3. The molecule has 3 aliphatic carbocycles. The fourth-order valence-corrected chi connectivity index (χ4v) is 6.87. The Hall–Kier alpha value is -1.63. The zero-order valence-corrected chi connectivity index (χ0v) is 20.0. The molecule has 3 aliphatic rings. The van der Waals surface area contributed by atoms with Crippen molar-refractivity contribution in [2.45, 2.75) is 96.9 Å². The first-order valence-electron chi connectivity index (χ1n) is 12.4. The Morgan fingerprint density at radius 2 is 2.03 bits per heavy atom. The molecule has 6 atom stereocenters. The minimum Gasteiger partial charge on any atom is -0.390 e. The smallest absolute Gasteiger partial charge is 0.390 e. The van der Waals surface area contributed by atoms with Crippen molar-refractivity contribution >= 4 is 5.78 Å². The van der Waals surface area contributed by atoms with Crippen molar-refractivity contribution in [1.82, 2.24) is 9.78 Å². The van der Waals surface area contributed by atoms with Crippen LogP contribution in [0.3, 0.4) is 0 Å². The molecule has 0 aliphatic heterocycles. The van der Waals surface area contributed by atoms with Gasteiger partial charge < -0.3 is 5.11 Å². The highest BCUT2D eigenvalue weighted by Crippen LogP contribution is 2.52. The standard InChI is InChI=1S/C26H37F3N2O2/c1-17-6-7-18-15-25(3,33)13-9-20(18)19(17)8-12-24(2)11-4-5-21(24)22(32)16-31-14-10-23(30-31)26(27,28)29/h7,10,14,17,19-21,33H,4-6,8-9,11-13,15-16H2,1-3H3/t17-,19+,20+,21-,24?,25-/m1/s1. The molecule has 2 fully saturated rings. The zero-order chi connectivity index (χ0) is 24.0. The number of carbonyl (C=O) groups is 1. The second-order valence-electron chi connectivity index (χ2n) is 11.5. The number of aromatic nitrogens is 2. The van der Waals surface area contributed by atoms with Crippen LogP contribution in [0.15, 0.2) is 23.9 Å². The summed E-state index contributed by atoms with van der Waals surface area (Å²) in [7, 11) is 0. The van der Waals surface area contributed by atoms with E-state index >= 15 is 0 Å². The molecular formula is C26H37F3N2O2. The van der Waals surface area contributed by atoms with E-state index in [0.717, 1.165) is 68.5 Å². The molecule has 1 aromatic rings. The molecule has 0 amide bonds. The molecule has 1 heterocycles. The Kier molecular flexibility index (Phi) is 6.58. The van der Waals surface area contributed by atoms with Crippen molar-refractivity contribution in [3.63, 3.8) is 0 Å². The zero-order valence-electron chi connectivity index (χ0n) is 20.0. The van der Waals surface area contributed by atoms with Crippen molar-refractivity contribution in [3.05, 3.63) is 29.6 Å². The van der Waals surface area contributed by atoms with Crippen molar-refractivity contribution in [1.29, 1.82) is 0 Å². The summed E-state index contributed by atoms with van der Waals surface area (Å²) in [6.07, 6.45) is 7.58. The highest BCUT2D eigenvalue weighted by molar-refractivity contribution is 5.81. The largest absolute Gasteiger partial charge is 0.435 e. The average molecular weight is 467 g/mol. The summed E-state index contributed by atoms with van der Waals surface area (Å²) in [5.74, 6) is 1.55. The Balaban J connectivity index is 1.40. The molecule has 4 rings (SSSR count). The second kappa shape index (κ2) is 8.86. The number of halogens is 3. The first-order chi connectivity index (χ1) is 15.4. The van der Waals surface area contributed by atoms with E-state index in [0.29, 0.717) is 17.8 Å². The van der Waals surface area contributed by atoms with E-state index in [1.807, 2.05) is 6.92 Å². The lowest BCUT2D eigenvalue weighted by atomic mass is 9.61. The van der Waals surface area contributed by atoms with Crippen LogP contribution in [0.4, 0.5) is 13.2 Å². The SMILES string of the molecule is C[C@@H]1CC=C2C[C@](C)(O)CC[C@@H]2[C@H]1CCC1(C)CCC[C@@H]1C(=O)Cn1ccc(C(F)(F)F)n1. The maximum absolute atomic E-state index is 13.1. The lowest BCUT2D eigenvalue weighted by molar-refractivity contribution is -0.142. The van der Waals surface area contributed by atoms with Gasteiger partial charge in [0.15, 0.2) is 11.5 Å². The molecule has 0 bridgehead atoms. The number of Topliss-reactive ketones (excluding diaryl/α,β-unsaturated/α-hetero) is 1. The highest BCUT2D eigenvalue weighted by atomic mass is 19.4. The van der Waals surface area contributed by atoms with Gasteiger partial charge >= 0.3 is 6.18 Å². The summed E-state index contributed by atoms with van der Waals surface area (Å²) >= 11 is 0. The molecule has 4 nitrogen and oxygen atoms in total. The predicted octanol–water partition coefficient (Wildman–Crippen LogP) is 6.19. The second-order valence-corrected chi connectivity index (χ2v) is 11.5. The molecule has 184 valence electrons. The molecule has 0 aromatic carbocycles. The van der Waals surface area contributed by atoms with Crippen LogP contribution in [0.1, 0.15) is 84.3 Å². The van der Waals surface area contributed by atoms with Crippen LogP contribution < -0.4 is 0 Å². The maximum atomic E-state index is 13.1. The molecule has 1 unspecified atom stereocenters. The van der Waals surface area contributed by atoms with E-state index in [1.54, 1.807) is 0 Å². The molecule has 7 heteroatoms. The summed E-state index contributed by atoms with van der Waals surface area (Å²) in [6, 6.07) is 0.929. The Morgan fingerprint density at radius 3 is 2.73 bits per heavy atom. The number of nitrogens with zero attached hydrogens (tertiary/aromatic N) is 2. The van der Waals surface area contributed by atoms with E-state index in [2.05, 4.69) is 25.0 Å². The van der Waals surface area contributed by atoms with Gasteiger partial charge in [-0.05, 0) is 87.5 Å². The van der Waals surface area contributed by atoms with Crippen molar-refractivity contribution in [2.75, 3.05) is 0 Å². The summed E-state index contributed by atoms with van der Waals surface area (Å²) in [5.41, 5.74) is -0.247. The summed E-state index contributed by atoms with van der Waals surface area (Å²) in [5, 5.41) is 14.1. The van der Waals surface area contributed by atoms with Gasteiger partial charge in [0.2, 0.25) is 0 Å². The van der Waals surface area contributed by atoms with Gasteiger partial charge in [0.1, 0.15) is 0 Å². The normalized spacial score (nSPS) is 37.0. The number of ketones is 1. The summed E-state index contributed by atoms with van der Waals surface area (Å²) < 4.78 is 39.7. The molecule has 2 saturated carbocycles. The average Bonchev–Trinajstić information content (AvgIpc) is 3.33. The first kappa shape index (κ1) is 24.5. The topological polar surface area (TPSA) is 55.1 Å². The van der Waals surface area contributed by atoms with Crippen molar-refractivity contribution < 1.29 is 23.1 Å². The van der Waals surface area contributed by atoms with Crippen LogP contribution in [-0.2, 0) is 17.5 Å². The minimum absolute atomic E-state index is 0.00202. The van der Waals surface area contributed by atoms with Gasteiger partial charge in [0, 0.05) is 12.1 Å². The van der Waals surface area contributed by atoms with E-state index in [-0.39, 0.29) is 23.7 Å². The third-order valence-electron chi connectivity index (χ3n) is 8.82. The quantitative estimate of drug-likeness (QED) is 0.509. The number of fused-ring (bicyclic) bond motifs is 1. The first-order valence-corrected chi connectivity index (χ1v) is 12.4. The maximum Gasteiger partial charge on any atom is 0.435 e. The third kappa shape index (κ3) is 5.23. The van der Waals surface area contributed by atoms with Crippen molar-refractivity contribution in [2.24, 2.45) is 29.1 Å². The van der Waals surface area contributed by atoms with Crippen LogP contribution in [0.5, 0.6) is 0 Å². The van der Waals surface area contributed by atoms with Gasteiger partial charge in [0.25, 0.3) is 0 Å². The van der Waals surface area contributed by atoms with Gasteiger partial charge in [-0.1, -0.05) is 31.9 Å². The van der Waals surface area contributed by atoms with E-state index in [4.69, 9.17) is 0 Å². The summed E-state index contributed by atoms with van der Waals surface area (Å²) in [6.45, 7) is 6.36. The lowest BCUT2D eigenvalue weighted by Crippen LogP contribution is -2.39. The molecule has 33 heavy (non-hydrogen) atoms. The van der Waals surface area contributed by atoms with Crippen LogP contribution in [-0.4, -0.2) is 26.3 Å². The molecule has 0 radical (unpaired) electrons. The fourth-order valence-electron chi connectivity index (χ4n) is 6.87. The Labute approximate surface area is 194 Å². The van der Waals surface area contributed by atoms with Crippen LogP contribution in [0, 0.1) is 29.1 Å². The lowest BCUT2D eigenvalue weighted by Gasteiger charge is -2.45. The van der Waals surface area contributed by atoms with E-state index in [9.17, 15) is 23.1 Å². The minimum atomic E-state index is -4.49. The number of carbonyl (C=O) groups excluding carboxylic acids is 1. The monoisotopic (exact) mass is 466 g/mol. The Morgan fingerprint density at radius 1 is 1.27 bits per heavy atom. The Bertz CT molecular complexity index is 904. The molecule has 0 spiro atoms. The van der Waals surface area contributed by atoms with Gasteiger partial charge in [-0.15, -0.1) is 0 Å². The number of allylic oxidation sites excluding steroid dienone is 1. The van der Waals surface area contributed by atoms with E-state index < -0.39 is 17.5 Å². The third-order valence-corrected chi connectivity index (χ3v) is 8.82. The van der Waals surface area contributed by atoms with Gasteiger partial charge in [-0.3, -0.25) is 9.48 Å². The number of aliphatic hydroxyl groups is 1. The number of rotatable bonds is 6. The fraction of sp³-hybridized carbons (Fsp3) is 0.769. The van der Waals surface area contributed by atoms with Crippen LogP contribution in [0.2, 0.25) is 0 Å². The highest BCUT2D eigenvalue weighted by Gasteiger charge is 2.45. The van der Waals surface area contributed by atoms with E-state index in [1.165, 1.54) is 11.8 Å². The van der Waals surface area contributed by atoms with Crippen LogP contribution >= 0.6 is 0 Å². The van der Waals surface area contributed by atoms with Gasteiger partial charge in [-0.25, -0.2) is 0 Å². The number of hydrogen-bond donors (Lipinski definition) is 1.